The van der Waals surface area contributed by atoms with Gasteiger partial charge in [-0.3, -0.25) is 9.48 Å². The van der Waals surface area contributed by atoms with E-state index in [2.05, 4.69) is 26.1 Å². The monoisotopic (exact) mass is 404 g/mol. The molecule has 1 amide bonds. The number of aromatic nitrogens is 2. The molecule has 12 heteroatoms. The number of carbonyl (C=O) groups is 1. The number of aryl methyl sites for hydroxylation is 1. The van der Waals surface area contributed by atoms with E-state index in [1.165, 1.54) is 6.92 Å². The predicted octanol–water partition coefficient (Wildman–Crippen LogP) is 2.38. The number of hydrogen-bond acceptors (Lipinski definition) is 4. The van der Waals surface area contributed by atoms with Gasteiger partial charge in [0.1, 0.15) is 5.69 Å². The standard InChI is InChI=1S/C11H10BrF5N4O2/c1-4-3-10(23,9(13)14)21(18-4)8(22)6-5(12)7(11(15,16)17)19-20(6)2/h9,23H,3H2,1-2H3/t10-/m0/s1. The van der Waals surface area contributed by atoms with Crippen molar-refractivity contribution in [1.29, 1.82) is 0 Å². The number of rotatable bonds is 2. The number of nitrogens with zero attached hydrogens (tertiary/aromatic N) is 4. The Labute approximate surface area is 134 Å². The van der Waals surface area contributed by atoms with Gasteiger partial charge in [-0.15, -0.1) is 0 Å². The zero-order valence-corrected chi connectivity index (χ0v) is 13.3. The van der Waals surface area contributed by atoms with Crippen molar-refractivity contribution in [2.24, 2.45) is 12.1 Å². The van der Waals surface area contributed by atoms with Crippen LogP contribution in [0.15, 0.2) is 9.57 Å². The first-order valence-corrected chi connectivity index (χ1v) is 6.87. The van der Waals surface area contributed by atoms with Crippen molar-refractivity contribution in [2.45, 2.75) is 31.7 Å². The summed E-state index contributed by atoms with van der Waals surface area (Å²) in [5.41, 5.74) is -4.92. The summed E-state index contributed by atoms with van der Waals surface area (Å²) in [6, 6.07) is 0. The summed E-state index contributed by atoms with van der Waals surface area (Å²) in [6.45, 7) is 1.31. The van der Waals surface area contributed by atoms with Gasteiger partial charge < -0.3 is 5.11 Å². The van der Waals surface area contributed by atoms with Gasteiger partial charge in [0.25, 0.3) is 12.3 Å². The molecular weight excluding hydrogens is 395 g/mol. The van der Waals surface area contributed by atoms with Crippen LogP contribution in [0.25, 0.3) is 0 Å². The Morgan fingerprint density at radius 3 is 2.43 bits per heavy atom. The van der Waals surface area contributed by atoms with E-state index >= 15 is 0 Å². The van der Waals surface area contributed by atoms with Crippen molar-refractivity contribution in [2.75, 3.05) is 0 Å². The molecule has 0 unspecified atom stereocenters. The molecule has 0 aromatic carbocycles. The van der Waals surface area contributed by atoms with Crippen molar-refractivity contribution >= 4 is 27.5 Å². The molecule has 0 saturated carbocycles. The van der Waals surface area contributed by atoms with Crippen LogP contribution >= 0.6 is 15.9 Å². The second kappa shape index (κ2) is 5.51. The van der Waals surface area contributed by atoms with Gasteiger partial charge in [-0.1, -0.05) is 0 Å². The highest BCUT2D eigenvalue weighted by atomic mass is 79.9. The number of amides is 1. The molecule has 0 aliphatic carbocycles. The number of halogens is 6. The Morgan fingerprint density at radius 2 is 2.00 bits per heavy atom. The summed E-state index contributed by atoms with van der Waals surface area (Å²) in [4.78, 5) is 12.4. The van der Waals surface area contributed by atoms with Gasteiger partial charge >= 0.3 is 6.18 Å². The first kappa shape index (κ1) is 17.8. The summed E-state index contributed by atoms with van der Waals surface area (Å²) in [7, 11) is 1.04. The average molecular weight is 405 g/mol. The van der Waals surface area contributed by atoms with Crippen LogP contribution in [-0.4, -0.2) is 43.7 Å². The predicted molar refractivity (Wildman–Crippen MR) is 70.8 cm³/mol. The number of aliphatic hydroxyl groups is 1. The molecule has 0 saturated heterocycles. The molecule has 1 aromatic rings. The van der Waals surface area contributed by atoms with Crippen molar-refractivity contribution < 1.29 is 31.9 Å². The van der Waals surface area contributed by atoms with Crippen LogP contribution in [0.1, 0.15) is 29.5 Å². The molecule has 1 N–H and O–H groups in total. The minimum atomic E-state index is -4.85. The summed E-state index contributed by atoms with van der Waals surface area (Å²) in [5, 5.41) is 16.7. The molecule has 2 rings (SSSR count). The molecule has 1 aromatic heterocycles. The molecule has 0 bridgehead atoms. The Balaban J connectivity index is 2.51. The van der Waals surface area contributed by atoms with Crippen molar-refractivity contribution in [1.82, 2.24) is 14.8 Å². The zero-order valence-electron chi connectivity index (χ0n) is 11.7. The molecule has 128 valence electrons. The maximum Gasteiger partial charge on any atom is 0.436 e. The lowest BCUT2D eigenvalue weighted by Crippen LogP contribution is -2.51. The Bertz CT molecular complexity index is 687. The highest BCUT2D eigenvalue weighted by Gasteiger charge is 2.52. The van der Waals surface area contributed by atoms with Crippen LogP contribution in [0.3, 0.4) is 0 Å². The van der Waals surface area contributed by atoms with Gasteiger partial charge in [-0.2, -0.15) is 28.4 Å². The van der Waals surface area contributed by atoms with Crippen molar-refractivity contribution in [3.63, 3.8) is 0 Å². The molecule has 2 heterocycles. The third-order valence-electron chi connectivity index (χ3n) is 3.16. The Hall–Kier alpha value is -1.56. The third-order valence-corrected chi connectivity index (χ3v) is 3.91. The van der Waals surface area contributed by atoms with E-state index in [0.29, 0.717) is 4.68 Å². The molecule has 1 aliphatic rings. The van der Waals surface area contributed by atoms with Gasteiger partial charge in [-0.05, 0) is 22.9 Å². The van der Waals surface area contributed by atoms with Crippen LogP contribution in [0.2, 0.25) is 0 Å². The van der Waals surface area contributed by atoms with Crippen LogP contribution in [0.4, 0.5) is 22.0 Å². The number of alkyl halides is 5. The fourth-order valence-electron chi connectivity index (χ4n) is 2.15. The van der Waals surface area contributed by atoms with Gasteiger partial charge in [0.05, 0.1) is 4.47 Å². The molecular formula is C11H10BrF5N4O2. The Morgan fingerprint density at radius 1 is 1.43 bits per heavy atom. The summed E-state index contributed by atoms with van der Waals surface area (Å²) < 4.78 is 64.4. The van der Waals surface area contributed by atoms with E-state index in [4.69, 9.17) is 0 Å². The van der Waals surface area contributed by atoms with E-state index in [-0.39, 0.29) is 10.7 Å². The molecule has 1 atom stereocenters. The number of carbonyl (C=O) groups excluding carboxylic acids is 1. The van der Waals surface area contributed by atoms with E-state index in [0.717, 1.165) is 7.05 Å². The molecule has 1 aliphatic heterocycles. The second-order valence-electron chi connectivity index (χ2n) is 4.94. The number of hydrazone groups is 1. The smallest absolute Gasteiger partial charge is 0.364 e. The van der Waals surface area contributed by atoms with Gasteiger partial charge in [0, 0.05) is 19.2 Å². The van der Waals surface area contributed by atoms with Crippen LogP contribution in [0.5, 0.6) is 0 Å². The van der Waals surface area contributed by atoms with E-state index in [1.807, 2.05) is 0 Å². The fraction of sp³-hybridized carbons (Fsp3) is 0.545. The summed E-state index contributed by atoms with van der Waals surface area (Å²) in [5.74, 6) is -1.33. The van der Waals surface area contributed by atoms with Crippen LogP contribution in [-0.2, 0) is 13.2 Å². The maximum absolute atomic E-state index is 13.1. The highest BCUT2D eigenvalue weighted by molar-refractivity contribution is 9.10. The van der Waals surface area contributed by atoms with Crippen LogP contribution < -0.4 is 0 Å². The van der Waals surface area contributed by atoms with Gasteiger partial charge in [0.2, 0.25) is 5.72 Å². The average Bonchev–Trinajstić information content (AvgIpc) is 2.86. The third kappa shape index (κ3) is 2.84. The maximum atomic E-state index is 13.1. The molecule has 23 heavy (non-hydrogen) atoms. The minimum Gasteiger partial charge on any atom is -0.364 e. The lowest BCUT2D eigenvalue weighted by Gasteiger charge is -2.30. The van der Waals surface area contributed by atoms with Crippen molar-refractivity contribution in [3.05, 3.63) is 15.9 Å². The summed E-state index contributed by atoms with van der Waals surface area (Å²) >= 11 is 2.61. The van der Waals surface area contributed by atoms with E-state index in [1.54, 1.807) is 0 Å². The molecule has 6 nitrogen and oxygen atoms in total. The van der Waals surface area contributed by atoms with E-state index in [9.17, 15) is 31.9 Å². The molecule has 0 fully saturated rings. The topological polar surface area (TPSA) is 70.7 Å². The highest BCUT2D eigenvalue weighted by Crippen LogP contribution is 2.38. The van der Waals surface area contributed by atoms with Gasteiger partial charge in [-0.25, -0.2) is 8.78 Å². The fourth-order valence-corrected chi connectivity index (χ4v) is 2.88. The first-order chi connectivity index (χ1) is 10.4. The second-order valence-corrected chi connectivity index (χ2v) is 5.73. The quantitative estimate of drug-likeness (QED) is 0.769. The van der Waals surface area contributed by atoms with Crippen LogP contribution in [0, 0.1) is 0 Å². The SMILES string of the molecule is CC1=NN(C(=O)c2c(Br)c(C(F)(F)F)nn2C)[C@@](O)(C(F)F)C1. The van der Waals surface area contributed by atoms with Crippen molar-refractivity contribution in [3.8, 4) is 0 Å². The zero-order chi connectivity index (χ0) is 17.7. The lowest BCUT2D eigenvalue weighted by molar-refractivity contribution is -0.164. The minimum absolute atomic E-state index is 0.0375. The number of hydrogen-bond donors (Lipinski definition) is 1. The molecule has 0 radical (unpaired) electrons. The Kier molecular flexibility index (Phi) is 4.26. The molecule has 0 spiro atoms. The summed E-state index contributed by atoms with van der Waals surface area (Å²) in [6.07, 6.45) is -8.82. The first-order valence-electron chi connectivity index (χ1n) is 6.08. The van der Waals surface area contributed by atoms with Gasteiger partial charge in [0.15, 0.2) is 5.69 Å². The largest absolute Gasteiger partial charge is 0.436 e. The lowest BCUT2D eigenvalue weighted by atomic mass is 10.1. The van der Waals surface area contributed by atoms with E-state index < -0.39 is 46.5 Å². The normalized spacial score (nSPS) is 22.0.